The average Bonchev–Trinajstić information content (AvgIpc) is 2.98. The first-order valence-electron chi connectivity index (χ1n) is 8.27. The standard InChI is InChI=1S/C21H16N3PS2/c1-12-3-2-4-14(5-12)19-18-8-15(23)11-24-20(18)27-21(19)26-17-7-13(10-22)6-16(25)9-17/h2-9,11H,23,25H2,1H3. The summed E-state index contributed by atoms with van der Waals surface area (Å²) in [5.41, 5.74) is 10.8. The second kappa shape index (κ2) is 7.32. The van der Waals surface area contributed by atoms with Crippen molar-refractivity contribution >= 4 is 53.5 Å². The summed E-state index contributed by atoms with van der Waals surface area (Å²) < 4.78 is 1.15. The maximum Gasteiger partial charge on any atom is 0.125 e. The third-order valence-corrected chi connectivity index (χ3v) is 6.71. The molecule has 4 rings (SSSR count). The zero-order valence-electron chi connectivity index (χ0n) is 14.6. The third kappa shape index (κ3) is 3.70. The quantitative estimate of drug-likeness (QED) is 0.465. The van der Waals surface area contributed by atoms with Crippen LogP contribution < -0.4 is 11.0 Å². The minimum Gasteiger partial charge on any atom is -0.397 e. The van der Waals surface area contributed by atoms with Crippen LogP contribution in [0.2, 0.25) is 0 Å². The highest BCUT2D eigenvalue weighted by atomic mass is 32.2. The number of pyridine rings is 1. The van der Waals surface area contributed by atoms with Crippen LogP contribution in [-0.4, -0.2) is 4.98 Å². The highest BCUT2D eigenvalue weighted by Crippen LogP contribution is 2.46. The molecule has 27 heavy (non-hydrogen) atoms. The van der Waals surface area contributed by atoms with Crippen LogP contribution in [0.25, 0.3) is 21.3 Å². The van der Waals surface area contributed by atoms with Crippen molar-refractivity contribution < 1.29 is 0 Å². The molecular formula is C21H16N3PS2. The summed E-state index contributed by atoms with van der Waals surface area (Å²) in [5, 5.41) is 11.3. The minimum absolute atomic E-state index is 0.657. The van der Waals surface area contributed by atoms with E-state index in [9.17, 15) is 5.26 Å². The molecule has 0 saturated heterocycles. The van der Waals surface area contributed by atoms with Crippen LogP contribution in [0.5, 0.6) is 0 Å². The molecule has 0 fully saturated rings. The average molecular weight is 405 g/mol. The van der Waals surface area contributed by atoms with Crippen LogP contribution >= 0.6 is 32.3 Å². The molecule has 2 heterocycles. The van der Waals surface area contributed by atoms with E-state index in [1.165, 1.54) is 5.56 Å². The molecule has 1 atom stereocenters. The van der Waals surface area contributed by atoms with Gasteiger partial charge in [-0.05, 0) is 42.1 Å². The molecule has 0 amide bonds. The van der Waals surface area contributed by atoms with Gasteiger partial charge >= 0.3 is 0 Å². The van der Waals surface area contributed by atoms with Gasteiger partial charge in [0.05, 0.1) is 27.7 Å². The fourth-order valence-corrected chi connectivity index (χ4v) is 5.95. The number of hydrogen-bond donors (Lipinski definition) is 1. The summed E-state index contributed by atoms with van der Waals surface area (Å²) >= 11 is 3.32. The topological polar surface area (TPSA) is 62.7 Å². The maximum absolute atomic E-state index is 9.27. The van der Waals surface area contributed by atoms with E-state index in [1.54, 1.807) is 29.3 Å². The van der Waals surface area contributed by atoms with Gasteiger partial charge in [0.25, 0.3) is 0 Å². The van der Waals surface area contributed by atoms with E-state index in [0.29, 0.717) is 11.3 Å². The van der Waals surface area contributed by atoms with E-state index >= 15 is 0 Å². The van der Waals surface area contributed by atoms with Crippen molar-refractivity contribution in [1.82, 2.24) is 4.98 Å². The van der Waals surface area contributed by atoms with Crippen molar-refractivity contribution in [2.75, 3.05) is 5.73 Å². The number of thiophene rings is 1. The van der Waals surface area contributed by atoms with Gasteiger partial charge in [0.15, 0.2) is 0 Å². The second-order valence-electron chi connectivity index (χ2n) is 6.26. The molecule has 0 saturated carbocycles. The fourth-order valence-electron chi connectivity index (χ4n) is 2.98. The van der Waals surface area contributed by atoms with Gasteiger partial charge in [0, 0.05) is 15.8 Å². The maximum atomic E-state index is 9.27. The lowest BCUT2D eigenvalue weighted by atomic mass is 10.0. The summed E-state index contributed by atoms with van der Waals surface area (Å²) in [5.74, 6) is 0. The van der Waals surface area contributed by atoms with Gasteiger partial charge in [0.2, 0.25) is 0 Å². The van der Waals surface area contributed by atoms with E-state index in [2.05, 4.69) is 57.5 Å². The van der Waals surface area contributed by atoms with Crippen molar-refractivity contribution in [3.8, 4) is 17.2 Å². The van der Waals surface area contributed by atoms with Gasteiger partial charge in [-0.25, -0.2) is 4.98 Å². The highest BCUT2D eigenvalue weighted by molar-refractivity contribution is 8.01. The van der Waals surface area contributed by atoms with Crippen LogP contribution in [0, 0.1) is 18.3 Å². The van der Waals surface area contributed by atoms with Gasteiger partial charge in [-0.2, -0.15) is 5.26 Å². The monoisotopic (exact) mass is 405 g/mol. The van der Waals surface area contributed by atoms with Crippen LogP contribution in [0.3, 0.4) is 0 Å². The van der Waals surface area contributed by atoms with E-state index in [0.717, 1.165) is 35.8 Å². The number of hydrogen-bond acceptors (Lipinski definition) is 5. The molecule has 132 valence electrons. The number of rotatable bonds is 3. The van der Waals surface area contributed by atoms with Crippen LogP contribution in [0.1, 0.15) is 11.1 Å². The molecule has 0 aliphatic carbocycles. The Morgan fingerprint density at radius 3 is 2.81 bits per heavy atom. The molecule has 2 N–H and O–H groups in total. The van der Waals surface area contributed by atoms with Crippen LogP contribution in [-0.2, 0) is 0 Å². The van der Waals surface area contributed by atoms with Crippen molar-refractivity contribution in [1.29, 1.82) is 5.26 Å². The molecule has 2 aromatic heterocycles. The van der Waals surface area contributed by atoms with Gasteiger partial charge in [0.1, 0.15) is 4.83 Å². The number of benzene rings is 2. The molecule has 0 bridgehead atoms. The zero-order valence-corrected chi connectivity index (χ0v) is 17.3. The fraction of sp³-hybridized carbons (Fsp3) is 0.0476. The van der Waals surface area contributed by atoms with E-state index in [4.69, 9.17) is 5.73 Å². The van der Waals surface area contributed by atoms with E-state index in [-0.39, 0.29) is 0 Å². The molecule has 1 unspecified atom stereocenters. The number of anilines is 1. The smallest absolute Gasteiger partial charge is 0.125 e. The molecule has 4 aromatic rings. The summed E-state index contributed by atoms with van der Waals surface area (Å²) in [7, 11) is 2.67. The number of nitriles is 1. The summed E-state index contributed by atoms with van der Waals surface area (Å²) in [6.07, 6.45) is 1.70. The number of nitrogens with zero attached hydrogens (tertiary/aromatic N) is 2. The Labute approximate surface area is 168 Å². The predicted octanol–water partition coefficient (Wildman–Crippen LogP) is 5.38. The largest absolute Gasteiger partial charge is 0.397 e. The van der Waals surface area contributed by atoms with Crippen molar-refractivity contribution in [2.45, 2.75) is 16.0 Å². The third-order valence-electron chi connectivity index (χ3n) is 4.11. The highest BCUT2D eigenvalue weighted by Gasteiger charge is 2.17. The lowest BCUT2D eigenvalue weighted by Gasteiger charge is -2.07. The Balaban J connectivity index is 1.91. The Hall–Kier alpha value is -2.38. The molecule has 0 aliphatic rings. The molecule has 2 aromatic carbocycles. The first-order valence-corrected chi connectivity index (χ1v) is 10.5. The summed E-state index contributed by atoms with van der Waals surface area (Å²) in [6, 6.07) is 18.5. The van der Waals surface area contributed by atoms with Gasteiger partial charge in [-0.1, -0.05) is 41.6 Å². The Bertz CT molecular complexity index is 1210. The first-order chi connectivity index (χ1) is 13.0. The first kappa shape index (κ1) is 18.0. The molecule has 0 spiro atoms. The molecule has 6 heteroatoms. The molecule has 0 aliphatic heterocycles. The Morgan fingerprint density at radius 2 is 2.04 bits per heavy atom. The Morgan fingerprint density at radius 1 is 1.19 bits per heavy atom. The minimum atomic E-state index is 0.657. The molecule has 0 radical (unpaired) electrons. The SMILES string of the molecule is Cc1cccc(-c2c(Sc3cc(P)cc(C#N)c3)sc3ncc(N)cc23)c1. The number of aromatic nitrogens is 1. The number of aryl methyl sites for hydroxylation is 1. The number of nitrogens with two attached hydrogens (primary N) is 1. The zero-order chi connectivity index (χ0) is 19.0. The predicted molar refractivity (Wildman–Crippen MR) is 119 cm³/mol. The molecular weight excluding hydrogens is 389 g/mol. The van der Waals surface area contributed by atoms with Crippen molar-refractivity contribution in [3.63, 3.8) is 0 Å². The normalized spacial score (nSPS) is 10.9. The van der Waals surface area contributed by atoms with Crippen molar-refractivity contribution in [2.24, 2.45) is 0 Å². The van der Waals surface area contributed by atoms with Gasteiger partial charge in [-0.15, -0.1) is 20.6 Å². The summed E-state index contributed by atoms with van der Waals surface area (Å²) in [4.78, 5) is 6.52. The lowest BCUT2D eigenvalue weighted by molar-refractivity contribution is 1.42. The van der Waals surface area contributed by atoms with Gasteiger partial charge < -0.3 is 5.73 Å². The molecule has 3 nitrogen and oxygen atoms in total. The van der Waals surface area contributed by atoms with Crippen LogP contribution in [0.4, 0.5) is 5.69 Å². The van der Waals surface area contributed by atoms with E-state index < -0.39 is 0 Å². The van der Waals surface area contributed by atoms with E-state index in [1.807, 2.05) is 18.2 Å². The van der Waals surface area contributed by atoms with Gasteiger partial charge in [-0.3, -0.25) is 0 Å². The number of nitrogen functional groups attached to an aromatic ring is 1. The van der Waals surface area contributed by atoms with Crippen LogP contribution in [0.15, 0.2) is 63.8 Å². The number of fused-ring (bicyclic) bond motifs is 1. The summed E-state index contributed by atoms with van der Waals surface area (Å²) in [6.45, 7) is 2.09. The lowest BCUT2D eigenvalue weighted by Crippen LogP contribution is -1.92. The Kier molecular flexibility index (Phi) is 4.88. The second-order valence-corrected chi connectivity index (χ2v) is 9.27. The van der Waals surface area contributed by atoms with Crippen molar-refractivity contribution in [3.05, 3.63) is 65.9 Å².